The second-order valence-corrected chi connectivity index (χ2v) is 5.91. The molecule has 0 radical (unpaired) electrons. The summed E-state index contributed by atoms with van der Waals surface area (Å²) in [5, 5.41) is 16.4. The Morgan fingerprint density at radius 3 is 3.00 bits per heavy atom. The molecule has 7 heteroatoms. The normalized spacial score (nSPS) is 14.3. The van der Waals surface area contributed by atoms with Crippen LogP contribution in [0.1, 0.15) is 34.5 Å². The number of hydrogen-bond acceptors (Lipinski definition) is 4. The second-order valence-electron chi connectivity index (χ2n) is 5.91. The van der Waals surface area contributed by atoms with E-state index in [9.17, 15) is 4.79 Å². The van der Waals surface area contributed by atoms with Gasteiger partial charge in [-0.3, -0.25) is 9.89 Å². The van der Waals surface area contributed by atoms with E-state index in [0.29, 0.717) is 18.7 Å². The smallest absolute Gasteiger partial charge is 0.256 e. The van der Waals surface area contributed by atoms with Crippen LogP contribution in [0.25, 0.3) is 10.9 Å². The van der Waals surface area contributed by atoms with Crippen molar-refractivity contribution in [1.82, 2.24) is 29.9 Å². The molecule has 7 nitrogen and oxygen atoms in total. The zero-order chi connectivity index (χ0) is 16.0. The zero-order valence-corrected chi connectivity index (χ0v) is 13.2. The molecule has 0 atom stereocenters. The molecule has 4 rings (SSSR count). The molecule has 3 heterocycles. The molecule has 1 N–H and O–H groups in total. The molecular formula is C16H18N6O. The van der Waals surface area contributed by atoms with Crippen LogP contribution in [0.3, 0.4) is 0 Å². The summed E-state index contributed by atoms with van der Waals surface area (Å²) in [6, 6.07) is 3.94. The van der Waals surface area contributed by atoms with E-state index in [1.54, 1.807) is 6.20 Å². The monoisotopic (exact) mass is 310 g/mol. The van der Waals surface area contributed by atoms with E-state index in [1.165, 1.54) is 0 Å². The van der Waals surface area contributed by atoms with Crippen LogP contribution in [0.2, 0.25) is 0 Å². The van der Waals surface area contributed by atoms with Gasteiger partial charge in [-0.1, -0.05) is 6.92 Å². The number of H-pyrrole nitrogens is 1. The predicted molar refractivity (Wildman–Crippen MR) is 85.0 cm³/mol. The van der Waals surface area contributed by atoms with E-state index < -0.39 is 0 Å². The Kier molecular flexibility index (Phi) is 3.14. The van der Waals surface area contributed by atoms with Crippen molar-refractivity contribution in [2.24, 2.45) is 0 Å². The number of nitrogens with one attached hydrogen (secondary N) is 1. The predicted octanol–water partition coefficient (Wildman–Crippen LogP) is 1.68. The third kappa shape index (κ3) is 2.19. The summed E-state index contributed by atoms with van der Waals surface area (Å²) in [6.45, 7) is 5.96. The number of carbonyl (C=O) groups excluding carboxylic acids is 1. The SMILES string of the molecule is CCc1nnc2n1CCN(C(=O)c1cc(C)cc3cn[nH]c13)C2. The Balaban J connectivity index is 1.68. The molecule has 1 aliphatic rings. The standard InChI is InChI=1S/C16H18N6O/c1-3-13-18-19-14-9-21(4-5-22(13)14)16(23)12-7-10(2)6-11-8-17-20-15(11)12/h6-8H,3-5,9H2,1-2H3,(H,17,20). The van der Waals surface area contributed by atoms with Crippen LogP contribution in [-0.2, 0) is 19.5 Å². The number of aromatic amines is 1. The van der Waals surface area contributed by atoms with E-state index in [-0.39, 0.29) is 5.91 Å². The second kappa shape index (κ2) is 5.19. The molecule has 0 spiro atoms. The third-order valence-corrected chi connectivity index (χ3v) is 4.36. The molecule has 0 saturated heterocycles. The van der Waals surface area contributed by atoms with Crippen LogP contribution in [0, 0.1) is 6.92 Å². The fraction of sp³-hybridized carbons (Fsp3) is 0.375. The molecule has 2 aromatic heterocycles. The molecule has 1 amide bonds. The first-order chi connectivity index (χ1) is 11.2. The van der Waals surface area contributed by atoms with Gasteiger partial charge in [0.2, 0.25) is 0 Å². The van der Waals surface area contributed by atoms with Crippen LogP contribution in [0.4, 0.5) is 0 Å². The van der Waals surface area contributed by atoms with Crippen LogP contribution in [0.15, 0.2) is 18.3 Å². The van der Waals surface area contributed by atoms with Gasteiger partial charge < -0.3 is 9.47 Å². The highest BCUT2D eigenvalue weighted by atomic mass is 16.2. The summed E-state index contributed by atoms with van der Waals surface area (Å²) >= 11 is 0. The molecule has 0 fully saturated rings. The van der Waals surface area contributed by atoms with Gasteiger partial charge in [0, 0.05) is 24.9 Å². The molecule has 0 unspecified atom stereocenters. The maximum atomic E-state index is 13.0. The number of fused-ring (bicyclic) bond motifs is 2. The van der Waals surface area contributed by atoms with Crippen molar-refractivity contribution < 1.29 is 4.79 Å². The highest BCUT2D eigenvalue weighted by Crippen LogP contribution is 2.22. The molecule has 1 aliphatic heterocycles. The Bertz CT molecular complexity index is 893. The summed E-state index contributed by atoms with van der Waals surface area (Å²) in [6.07, 6.45) is 2.60. The topological polar surface area (TPSA) is 79.7 Å². The molecule has 118 valence electrons. The van der Waals surface area contributed by atoms with Gasteiger partial charge in [-0.25, -0.2) is 0 Å². The number of carbonyl (C=O) groups is 1. The fourth-order valence-corrected chi connectivity index (χ4v) is 3.20. The van der Waals surface area contributed by atoms with Gasteiger partial charge in [0.1, 0.15) is 5.82 Å². The average molecular weight is 310 g/mol. The average Bonchev–Trinajstić information content (AvgIpc) is 3.18. The molecule has 23 heavy (non-hydrogen) atoms. The summed E-state index contributed by atoms with van der Waals surface area (Å²) in [7, 11) is 0. The van der Waals surface area contributed by atoms with Gasteiger partial charge in [-0.05, 0) is 24.6 Å². The number of rotatable bonds is 2. The molecule has 0 bridgehead atoms. The van der Waals surface area contributed by atoms with E-state index in [2.05, 4.69) is 31.9 Å². The lowest BCUT2D eigenvalue weighted by Gasteiger charge is -2.28. The van der Waals surface area contributed by atoms with E-state index in [1.807, 2.05) is 24.0 Å². The van der Waals surface area contributed by atoms with E-state index >= 15 is 0 Å². The minimum atomic E-state index is 0.00949. The van der Waals surface area contributed by atoms with Crippen molar-refractivity contribution in [3.63, 3.8) is 0 Å². The molecular weight excluding hydrogens is 292 g/mol. The lowest BCUT2D eigenvalue weighted by molar-refractivity contribution is 0.0708. The maximum Gasteiger partial charge on any atom is 0.256 e. The molecule has 1 aromatic carbocycles. The zero-order valence-electron chi connectivity index (χ0n) is 13.2. The number of hydrogen-bond donors (Lipinski definition) is 1. The van der Waals surface area contributed by atoms with Crippen molar-refractivity contribution >= 4 is 16.8 Å². The van der Waals surface area contributed by atoms with Gasteiger partial charge in [-0.15, -0.1) is 10.2 Å². The van der Waals surface area contributed by atoms with Gasteiger partial charge >= 0.3 is 0 Å². The number of aryl methyl sites for hydroxylation is 2. The van der Waals surface area contributed by atoms with Crippen molar-refractivity contribution in [2.45, 2.75) is 33.4 Å². The third-order valence-electron chi connectivity index (χ3n) is 4.36. The van der Waals surface area contributed by atoms with Crippen LogP contribution in [0.5, 0.6) is 0 Å². The summed E-state index contributed by atoms with van der Waals surface area (Å²) in [5.41, 5.74) is 2.51. The number of amides is 1. The highest BCUT2D eigenvalue weighted by Gasteiger charge is 2.26. The van der Waals surface area contributed by atoms with E-state index in [4.69, 9.17) is 0 Å². The molecule has 0 saturated carbocycles. The quantitative estimate of drug-likeness (QED) is 0.781. The van der Waals surface area contributed by atoms with Crippen molar-refractivity contribution in [2.75, 3.05) is 6.54 Å². The Labute approximate surface area is 133 Å². The van der Waals surface area contributed by atoms with Crippen LogP contribution >= 0.6 is 0 Å². The lowest BCUT2D eigenvalue weighted by Crippen LogP contribution is -2.39. The first kappa shape index (κ1) is 13.9. The number of nitrogens with zero attached hydrogens (tertiary/aromatic N) is 5. The highest BCUT2D eigenvalue weighted by molar-refractivity contribution is 6.05. The van der Waals surface area contributed by atoms with Crippen LogP contribution < -0.4 is 0 Å². The number of benzene rings is 1. The first-order valence-corrected chi connectivity index (χ1v) is 7.81. The minimum absolute atomic E-state index is 0.00949. The van der Waals surface area contributed by atoms with Crippen molar-refractivity contribution in [1.29, 1.82) is 0 Å². The van der Waals surface area contributed by atoms with Crippen molar-refractivity contribution in [3.8, 4) is 0 Å². The van der Waals surface area contributed by atoms with Crippen molar-refractivity contribution in [3.05, 3.63) is 41.1 Å². The Morgan fingerprint density at radius 2 is 2.17 bits per heavy atom. The lowest BCUT2D eigenvalue weighted by atomic mass is 10.1. The molecule has 0 aliphatic carbocycles. The summed E-state index contributed by atoms with van der Waals surface area (Å²) < 4.78 is 2.12. The van der Waals surface area contributed by atoms with E-state index in [0.717, 1.165) is 41.1 Å². The first-order valence-electron chi connectivity index (χ1n) is 7.81. The van der Waals surface area contributed by atoms with Crippen LogP contribution in [-0.4, -0.2) is 42.3 Å². The van der Waals surface area contributed by atoms with Gasteiger partial charge in [-0.2, -0.15) is 5.10 Å². The Morgan fingerprint density at radius 1 is 1.30 bits per heavy atom. The molecule has 3 aromatic rings. The minimum Gasteiger partial charge on any atom is -0.329 e. The van der Waals surface area contributed by atoms with Gasteiger partial charge in [0.15, 0.2) is 5.82 Å². The number of aromatic nitrogens is 5. The van der Waals surface area contributed by atoms with Gasteiger partial charge in [0.25, 0.3) is 5.91 Å². The largest absolute Gasteiger partial charge is 0.329 e. The summed E-state index contributed by atoms with van der Waals surface area (Å²) in [5.74, 6) is 1.85. The summed E-state index contributed by atoms with van der Waals surface area (Å²) in [4.78, 5) is 14.8. The maximum absolute atomic E-state index is 13.0. The fourth-order valence-electron chi connectivity index (χ4n) is 3.20. The van der Waals surface area contributed by atoms with Gasteiger partial charge in [0.05, 0.1) is 23.8 Å². The Hall–Kier alpha value is -2.70.